The Bertz CT molecular complexity index is 778. The monoisotopic (exact) mass is 346 g/mol. The second-order valence-electron chi connectivity index (χ2n) is 7.36. The number of benzene rings is 2. The van der Waals surface area contributed by atoms with E-state index in [1.54, 1.807) is 16.0 Å². The summed E-state index contributed by atoms with van der Waals surface area (Å²) in [6.45, 7) is 6.81. The smallest absolute Gasteiger partial charge is 0.0777 e. The molecule has 1 aliphatic carbocycles. The zero-order chi connectivity index (χ0) is 17.6. The first-order chi connectivity index (χ1) is 12.2. The lowest BCUT2D eigenvalue weighted by molar-refractivity contribution is 0.795. The van der Waals surface area contributed by atoms with Crippen LogP contribution < -0.4 is 5.19 Å². The maximum absolute atomic E-state index is 2.40. The lowest BCUT2D eigenvalue weighted by Crippen LogP contribution is -2.21. The fourth-order valence-electron chi connectivity index (χ4n) is 3.62. The Morgan fingerprint density at radius 1 is 0.920 bits per heavy atom. The summed E-state index contributed by atoms with van der Waals surface area (Å²) in [6, 6.07) is 18.4. The van der Waals surface area contributed by atoms with Gasteiger partial charge in [-0.1, -0.05) is 89.5 Å². The molecule has 0 nitrogen and oxygen atoms in total. The van der Waals surface area contributed by atoms with Crippen LogP contribution in [0.4, 0.5) is 0 Å². The van der Waals surface area contributed by atoms with Gasteiger partial charge in [0.25, 0.3) is 0 Å². The van der Waals surface area contributed by atoms with Crippen molar-refractivity contribution in [2.45, 2.75) is 52.9 Å². The molecule has 130 valence electrons. The van der Waals surface area contributed by atoms with Gasteiger partial charge in [-0.15, -0.1) is 0 Å². The Morgan fingerprint density at radius 3 is 2.32 bits per heavy atom. The van der Waals surface area contributed by atoms with Crippen LogP contribution in [0, 0.1) is 0 Å². The Hall–Kier alpha value is -1.86. The maximum atomic E-state index is 2.40. The van der Waals surface area contributed by atoms with Gasteiger partial charge in [0.15, 0.2) is 0 Å². The molecule has 0 aliphatic heterocycles. The highest BCUT2D eigenvalue weighted by molar-refractivity contribution is 6.62. The Labute approximate surface area is 155 Å². The number of allylic oxidation sites excluding steroid dienone is 4. The van der Waals surface area contributed by atoms with Crippen LogP contribution in [0.15, 0.2) is 70.9 Å². The molecule has 0 unspecified atom stereocenters. The molecular formula is C24H30Si. The summed E-state index contributed by atoms with van der Waals surface area (Å²) in [7, 11) is -0.351. The van der Waals surface area contributed by atoms with Crippen molar-refractivity contribution in [2.24, 2.45) is 0 Å². The molecule has 0 atom stereocenters. The third-order valence-electron chi connectivity index (χ3n) is 5.54. The van der Waals surface area contributed by atoms with E-state index in [2.05, 4.69) is 75.4 Å². The van der Waals surface area contributed by atoms with Crippen molar-refractivity contribution in [1.29, 1.82) is 0 Å². The van der Waals surface area contributed by atoms with Gasteiger partial charge >= 0.3 is 0 Å². The minimum atomic E-state index is -0.351. The first-order valence-electron chi connectivity index (χ1n) is 9.67. The van der Waals surface area contributed by atoms with E-state index in [9.17, 15) is 0 Å². The largest absolute Gasteiger partial charge is 0.0835 e. The van der Waals surface area contributed by atoms with Crippen LogP contribution in [0.5, 0.6) is 0 Å². The first kappa shape index (κ1) is 17.9. The highest BCUT2D eigenvalue weighted by Crippen LogP contribution is 2.24. The van der Waals surface area contributed by atoms with Gasteiger partial charge in [0.1, 0.15) is 0 Å². The van der Waals surface area contributed by atoms with Crippen LogP contribution in [0.1, 0.15) is 56.7 Å². The summed E-state index contributed by atoms with van der Waals surface area (Å²) in [5.41, 5.74) is 7.49. The van der Waals surface area contributed by atoms with Gasteiger partial charge in [-0.05, 0) is 56.2 Å². The van der Waals surface area contributed by atoms with Crippen LogP contribution in [-0.4, -0.2) is 9.52 Å². The van der Waals surface area contributed by atoms with Gasteiger partial charge in [-0.3, -0.25) is 0 Å². The van der Waals surface area contributed by atoms with Crippen LogP contribution in [-0.2, 0) is 12.8 Å². The highest BCUT2D eigenvalue weighted by atomic mass is 28.2. The van der Waals surface area contributed by atoms with Crippen molar-refractivity contribution in [3.05, 3.63) is 87.6 Å². The highest BCUT2D eigenvalue weighted by Gasteiger charge is 2.13. The van der Waals surface area contributed by atoms with E-state index >= 15 is 0 Å². The van der Waals surface area contributed by atoms with E-state index < -0.39 is 0 Å². The van der Waals surface area contributed by atoms with Crippen molar-refractivity contribution in [3.8, 4) is 0 Å². The van der Waals surface area contributed by atoms with Crippen LogP contribution in [0.2, 0.25) is 0 Å². The summed E-state index contributed by atoms with van der Waals surface area (Å²) in [5, 5.41) is 3.34. The molecule has 2 aromatic rings. The number of hydrogen-bond acceptors (Lipinski definition) is 0. The van der Waals surface area contributed by atoms with Crippen LogP contribution >= 0.6 is 0 Å². The fraction of sp³-hybridized carbons (Fsp3) is 0.333. The Morgan fingerprint density at radius 2 is 1.64 bits per heavy atom. The average molecular weight is 347 g/mol. The topological polar surface area (TPSA) is 0 Å². The van der Waals surface area contributed by atoms with Crippen molar-refractivity contribution in [2.75, 3.05) is 0 Å². The predicted molar refractivity (Wildman–Crippen MR) is 114 cm³/mol. The van der Waals surface area contributed by atoms with Crippen LogP contribution in [0.3, 0.4) is 0 Å². The number of hydrogen-bond donors (Lipinski definition) is 0. The van der Waals surface area contributed by atoms with E-state index in [-0.39, 0.29) is 9.52 Å². The molecule has 0 spiro atoms. The molecule has 0 saturated carbocycles. The first-order valence-corrected chi connectivity index (χ1v) is 11.1. The van der Waals surface area contributed by atoms with E-state index in [1.807, 2.05) is 0 Å². The molecular weight excluding hydrogens is 316 g/mol. The number of unbranched alkanes of at least 4 members (excludes halogenated alkanes) is 1. The van der Waals surface area contributed by atoms with Gasteiger partial charge in [0, 0.05) is 0 Å². The number of aryl methyl sites for hydroxylation is 1. The standard InChI is InChI=1S/C24H30Si/c1-4-5-8-20-12-14-21(15-13-20)17-22-9-6-7-10-24(22)25-23-16-11-18(2)19(23)3/h6-7,9-15H,4-5,8,16-17,25H2,1-3H3. The van der Waals surface area contributed by atoms with Crippen molar-refractivity contribution < 1.29 is 0 Å². The molecule has 0 fully saturated rings. The molecule has 0 radical (unpaired) electrons. The fourth-order valence-corrected chi connectivity index (χ4v) is 5.64. The second-order valence-corrected chi connectivity index (χ2v) is 9.33. The molecule has 3 rings (SSSR count). The van der Waals surface area contributed by atoms with Gasteiger partial charge < -0.3 is 0 Å². The van der Waals surface area contributed by atoms with E-state index in [0.717, 1.165) is 6.42 Å². The summed E-state index contributed by atoms with van der Waals surface area (Å²) in [6.07, 6.45) is 8.41. The maximum Gasteiger partial charge on any atom is 0.0835 e. The van der Waals surface area contributed by atoms with Gasteiger partial charge in [0.2, 0.25) is 0 Å². The summed E-state index contributed by atoms with van der Waals surface area (Å²) >= 11 is 0. The third-order valence-corrected chi connectivity index (χ3v) is 7.85. The molecule has 0 amide bonds. The normalized spacial score (nSPS) is 14.6. The van der Waals surface area contributed by atoms with E-state index in [4.69, 9.17) is 0 Å². The molecule has 0 bridgehead atoms. The zero-order valence-electron chi connectivity index (χ0n) is 15.9. The molecule has 0 saturated heterocycles. The molecule has 1 aliphatic rings. The molecule has 0 N–H and O–H groups in total. The Balaban J connectivity index is 1.73. The van der Waals surface area contributed by atoms with Crippen molar-refractivity contribution in [1.82, 2.24) is 0 Å². The summed E-state index contributed by atoms with van der Waals surface area (Å²) < 4.78 is 0. The molecule has 25 heavy (non-hydrogen) atoms. The Kier molecular flexibility index (Phi) is 6.09. The van der Waals surface area contributed by atoms with Gasteiger partial charge in [-0.2, -0.15) is 0 Å². The van der Waals surface area contributed by atoms with Crippen LogP contribution in [0.25, 0.3) is 0 Å². The molecule has 0 heterocycles. The average Bonchev–Trinajstić information content (AvgIpc) is 2.95. The second kappa shape index (κ2) is 8.49. The molecule has 0 aromatic heterocycles. The van der Waals surface area contributed by atoms with Crippen molar-refractivity contribution >= 4 is 14.7 Å². The summed E-state index contributed by atoms with van der Waals surface area (Å²) in [5.74, 6) is 0. The quantitative estimate of drug-likeness (QED) is 0.616. The third kappa shape index (κ3) is 4.61. The molecule has 1 heteroatoms. The van der Waals surface area contributed by atoms with E-state index in [0.29, 0.717) is 0 Å². The van der Waals surface area contributed by atoms with Gasteiger partial charge in [0.05, 0.1) is 9.52 Å². The SMILES string of the molecule is CCCCc1ccc(Cc2ccccc2[SiH2]C2=C(C)C(C)=CC2)cc1. The van der Waals surface area contributed by atoms with E-state index in [1.165, 1.54) is 47.9 Å². The predicted octanol–water partition coefficient (Wildman–Crippen LogP) is 5.04. The van der Waals surface area contributed by atoms with Gasteiger partial charge in [-0.25, -0.2) is 0 Å². The summed E-state index contributed by atoms with van der Waals surface area (Å²) in [4.78, 5) is 0. The van der Waals surface area contributed by atoms with Crippen molar-refractivity contribution in [3.63, 3.8) is 0 Å². The lowest BCUT2D eigenvalue weighted by atomic mass is 10.0. The minimum Gasteiger partial charge on any atom is -0.0777 e. The zero-order valence-corrected chi connectivity index (χ0v) is 17.4. The minimum absolute atomic E-state index is 0.351. The molecule has 2 aromatic carbocycles. The number of rotatable bonds is 7. The lowest BCUT2D eigenvalue weighted by Gasteiger charge is -2.12.